The van der Waals surface area contributed by atoms with E-state index in [0.717, 1.165) is 5.56 Å². The van der Waals surface area contributed by atoms with E-state index in [4.69, 9.17) is 27.9 Å². The second-order valence-corrected chi connectivity index (χ2v) is 9.77. The molecule has 1 atom stereocenters. The average Bonchev–Trinajstić information content (AvgIpc) is 3.10. The van der Waals surface area contributed by atoms with E-state index in [-0.39, 0.29) is 28.0 Å². The highest BCUT2D eigenvalue weighted by atomic mass is 35.5. The number of nitrogens with zero attached hydrogens (tertiary/aromatic N) is 1. The minimum atomic E-state index is -1.01. The smallest absolute Gasteiger partial charge is 0.300 e. The van der Waals surface area contributed by atoms with Crippen molar-refractivity contribution < 1.29 is 24.5 Å². The molecule has 3 aromatic carbocycles. The van der Waals surface area contributed by atoms with Crippen LogP contribution in [0.3, 0.4) is 0 Å². The number of aryl methyl sites for hydroxylation is 1. The zero-order valence-electron chi connectivity index (χ0n) is 20.2. The predicted molar refractivity (Wildman–Crippen MR) is 141 cm³/mol. The van der Waals surface area contributed by atoms with E-state index in [2.05, 4.69) is 0 Å². The van der Waals surface area contributed by atoms with Gasteiger partial charge in [-0.05, 0) is 72.0 Å². The van der Waals surface area contributed by atoms with Crippen LogP contribution in [0.25, 0.3) is 5.76 Å². The van der Waals surface area contributed by atoms with Crippen molar-refractivity contribution in [2.45, 2.75) is 32.7 Å². The summed E-state index contributed by atoms with van der Waals surface area (Å²) < 4.78 is 5.51. The van der Waals surface area contributed by atoms with Crippen LogP contribution in [0.1, 0.15) is 48.1 Å². The molecule has 4 rings (SSSR count). The first-order chi connectivity index (χ1) is 17.0. The number of halogens is 2. The minimum absolute atomic E-state index is 0.0481. The highest BCUT2D eigenvalue weighted by Crippen LogP contribution is 2.45. The van der Waals surface area contributed by atoms with Crippen molar-refractivity contribution in [3.05, 3.63) is 92.5 Å². The summed E-state index contributed by atoms with van der Waals surface area (Å²) in [6, 6.07) is 13.5. The third-order valence-electron chi connectivity index (χ3n) is 6.27. The third-order valence-corrected chi connectivity index (χ3v) is 6.81. The van der Waals surface area contributed by atoms with Gasteiger partial charge in [-0.3, -0.25) is 14.5 Å². The van der Waals surface area contributed by atoms with Crippen LogP contribution in [0.5, 0.6) is 11.5 Å². The number of ether oxygens (including phenoxy) is 1. The largest absolute Gasteiger partial charge is 0.507 e. The normalized spacial score (nSPS) is 17.2. The van der Waals surface area contributed by atoms with Gasteiger partial charge in [-0.25, -0.2) is 0 Å². The van der Waals surface area contributed by atoms with Crippen molar-refractivity contribution in [3.63, 3.8) is 0 Å². The Labute approximate surface area is 219 Å². The number of benzene rings is 3. The number of carbonyl (C=O) groups is 2. The van der Waals surface area contributed by atoms with E-state index in [1.54, 1.807) is 56.5 Å². The maximum absolute atomic E-state index is 13.4. The number of amides is 1. The highest BCUT2D eigenvalue weighted by Gasteiger charge is 2.47. The summed E-state index contributed by atoms with van der Waals surface area (Å²) in [5, 5.41) is 22.0. The summed E-state index contributed by atoms with van der Waals surface area (Å²) in [5.74, 6) is -1.37. The Morgan fingerprint density at radius 2 is 1.78 bits per heavy atom. The average molecular weight is 526 g/mol. The van der Waals surface area contributed by atoms with Crippen LogP contribution in [-0.2, 0) is 9.59 Å². The van der Waals surface area contributed by atoms with E-state index in [0.29, 0.717) is 33.1 Å². The van der Waals surface area contributed by atoms with Crippen LogP contribution >= 0.6 is 23.2 Å². The predicted octanol–water partition coefficient (Wildman–Crippen LogP) is 6.77. The summed E-state index contributed by atoms with van der Waals surface area (Å²) >= 11 is 12.4. The van der Waals surface area contributed by atoms with E-state index in [1.807, 2.05) is 13.8 Å². The lowest BCUT2D eigenvalue weighted by Crippen LogP contribution is -2.29. The van der Waals surface area contributed by atoms with Gasteiger partial charge in [-0.1, -0.05) is 49.2 Å². The molecule has 6 nitrogen and oxygen atoms in total. The number of phenolic OH excluding ortho intramolecular Hbond substituents is 1. The minimum Gasteiger partial charge on any atom is -0.507 e. The van der Waals surface area contributed by atoms with Gasteiger partial charge in [0.25, 0.3) is 11.7 Å². The summed E-state index contributed by atoms with van der Waals surface area (Å²) in [6.45, 7) is 5.78. The number of carbonyl (C=O) groups excluding carboxylic acids is 2. The fourth-order valence-electron chi connectivity index (χ4n) is 4.46. The van der Waals surface area contributed by atoms with Gasteiger partial charge in [0.05, 0.1) is 23.7 Å². The first-order valence-electron chi connectivity index (χ1n) is 11.3. The molecule has 186 valence electrons. The molecule has 36 heavy (non-hydrogen) atoms. The SMILES string of the molecule is COc1cc(C)c(/C(O)=C2\C(=O)C(=O)N(c3cccc(Cl)c3)C2c2ccc(O)c(Cl)c2)cc1C(C)C. The fourth-order valence-corrected chi connectivity index (χ4v) is 4.83. The van der Waals surface area contributed by atoms with Crippen molar-refractivity contribution in [3.8, 4) is 11.5 Å². The Kier molecular flexibility index (Phi) is 7.03. The molecule has 0 radical (unpaired) electrons. The number of aromatic hydroxyl groups is 1. The molecule has 1 fully saturated rings. The number of phenols is 1. The standard InChI is InChI=1S/C28H25Cl2NO5/c1-14(2)19-13-20(15(3)10-23(19)36-4)26(33)24-25(16-8-9-22(32)21(30)11-16)31(28(35)27(24)34)18-7-5-6-17(29)12-18/h5-14,25,32-33H,1-4H3/b26-24+. The lowest BCUT2D eigenvalue weighted by atomic mass is 9.91. The molecule has 0 saturated carbocycles. The van der Waals surface area contributed by atoms with Gasteiger partial charge in [0.15, 0.2) is 0 Å². The van der Waals surface area contributed by atoms with Crippen LogP contribution in [-0.4, -0.2) is 29.0 Å². The Hall–Kier alpha value is -3.48. The van der Waals surface area contributed by atoms with Gasteiger partial charge in [0, 0.05) is 16.3 Å². The number of anilines is 1. The zero-order valence-corrected chi connectivity index (χ0v) is 21.7. The van der Waals surface area contributed by atoms with Crippen molar-refractivity contribution in [1.29, 1.82) is 0 Å². The van der Waals surface area contributed by atoms with E-state index in [9.17, 15) is 19.8 Å². The zero-order chi connectivity index (χ0) is 26.3. The van der Waals surface area contributed by atoms with Gasteiger partial charge in [-0.2, -0.15) is 0 Å². The number of aliphatic hydroxyl groups is 1. The van der Waals surface area contributed by atoms with Crippen molar-refractivity contribution in [1.82, 2.24) is 0 Å². The van der Waals surface area contributed by atoms with Crippen molar-refractivity contribution in [2.24, 2.45) is 0 Å². The fraction of sp³-hybridized carbons (Fsp3) is 0.214. The number of hydrogen-bond donors (Lipinski definition) is 2. The lowest BCUT2D eigenvalue weighted by Gasteiger charge is -2.26. The van der Waals surface area contributed by atoms with Crippen LogP contribution in [0.15, 0.2) is 60.2 Å². The molecule has 1 saturated heterocycles. The number of Topliss-reactive ketones (excluding diaryl/α,β-unsaturated/α-hetero) is 1. The molecule has 1 heterocycles. The lowest BCUT2D eigenvalue weighted by molar-refractivity contribution is -0.132. The highest BCUT2D eigenvalue weighted by molar-refractivity contribution is 6.52. The molecule has 1 amide bonds. The molecule has 1 aliphatic heterocycles. The summed E-state index contributed by atoms with van der Waals surface area (Å²) in [7, 11) is 1.57. The Morgan fingerprint density at radius 1 is 1.06 bits per heavy atom. The molecule has 0 aliphatic carbocycles. The molecule has 3 aromatic rings. The van der Waals surface area contributed by atoms with E-state index >= 15 is 0 Å². The molecule has 1 aliphatic rings. The van der Waals surface area contributed by atoms with Crippen LogP contribution in [0.4, 0.5) is 5.69 Å². The van der Waals surface area contributed by atoms with Crippen molar-refractivity contribution in [2.75, 3.05) is 12.0 Å². The van der Waals surface area contributed by atoms with E-state index in [1.165, 1.54) is 17.0 Å². The summed E-state index contributed by atoms with van der Waals surface area (Å²) in [6.07, 6.45) is 0. The molecular weight excluding hydrogens is 501 g/mol. The molecule has 2 N–H and O–H groups in total. The molecule has 0 aromatic heterocycles. The van der Waals surface area contributed by atoms with Gasteiger partial charge in [0.1, 0.15) is 17.3 Å². The number of hydrogen-bond acceptors (Lipinski definition) is 5. The molecule has 8 heteroatoms. The van der Waals surface area contributed by atoms with E-state index < -0.39 is 17.7 Å². The van der Waals surface area contributed by atoms with Crippen LogP contribution in [0, 0.1) is 6.92 Å². The monoisotopic (exact) mass is 525 g/mol. The number of aliphatic hydroxyl groups excluding tert-OH is 1. The van der Waals surface area contributed by atoms with Crippen molar-refractivity contribution >= 4 is 46.3 Å². The molecule has 0 bridgehead atoms. The Morgan fingerprint density at radius 3 is 2.39 bits per heavy atom. The summed E-state index contributed by atoms with van der Waals surface area (Å²) in [4.78, 5) is 28.1. The number of rotatable bonds is 5. The molecular formula is C28H25Cl2NO5. The second-order valence-electron chi connectivity index (χ2n) is 8.92. The van der Waals surface area contributed by atoms with Crippen LogP contribution < -0.4 is 9.64 Å². The Balaban J connectivity index is 2.01. The van der Waals surface area contributed by atoms with Gasteiger partial charge in [-0.15, -0.1) is 0 Å². The van der Waals surface area contributed by atoms with Crippen LogP contribution in [0.2, 0.25) is 10.0 Å². The van der Waals surface area contributed by atoms with Gasteiger partial charge in [0.2, 0.25) is 0 Å². The Bertz CT molecular complexity index is 1410. The number of ketones is 1. The van der Waals surface area contributed by atoms with Gasteiger partial charge < -0.3 is 14.9 Å². The molecule has 0 spiro atoms. The third kappa shape index (κ3) is 4.43. The second kappa shape index (κ2) is 9.88. The maximum Gasteiger partial charge on any atom is 0.300 e. The first-order valence-corrected chi connectivity index (χ1v) is 12.0. The van der Waals surface area contributed by atoms with Gasteiger partial charge >= 0.3 is 0 Å². The topological polar surface area (TPSA) is 87.1 Å². The quantitative estimate of drug-likeness (QED) is 0.218. The number of methoxy groups -OCH3 is 1. The maximum atomic E-state index is 13.4. The summed E-state index contributed by atoms with van der Waals surface area (Å²) in [5.41, 5.74) is 2.66. The first kappa shape index (κ1) is 25.6. The molecule has 1 unspecified atom stereocenters.